The van der Waals surface area contributed by atoms with Crippen LogP contribution in [-0.2, 0) is 18.6 Å². The van der Waals surface area contributed by atoms with Gasteiger partial charge in [-0.15, -0.1) is 0 Å². The summed E-state index contributed by atoms with van der Waals surface area (Å²) in [6.45, 7) is 0. The number of benzene rings is 1. The second-order valence-electron chi connectivity index (χ2n) is 4.53. The van der Waals surface area contributed by atoms with Crippen LogP contribution in [-0.4, -0.2) is 5.16 Å². The monoisotopic (exact) mass is 245 g/mol. The van der Waals surface area contributed by atoms with Crippen LogP contribution in [0.5, 0.6) is 0 Å². The molecule has 0 aliphatic heterocycles. The van der Waals surface area contributed by atoms with Crippen molar-refractivity contribution in [1.82, 2.24) is 5.16 Å². The van der Waals surface area contributed by atoms with Crippen molar-refractivity contribution in [3.8, 4) is 11.3 Å². The fraction of sp³-hybridized carbons (Fsp3) is 0.357. The van der Waals surface area contributed by atoms with Crippen molar-refractivity contribution in [2.75, 3.05) is 0 Å². The largest absolute Gasteiger partial charge is 0.356 e. The molecule has 0 amide bonds. The van der Waals surface area contributed by atoms with Gasteiger partial charge in [-0.2, -0.15) is 12.6 Å². The van der Waals surface area contributed by atoms with Gasteiger partial charge in [-0.3, -0.25) is 0 Å². The molecule has 1 aromatic carbocycles. The molecule has 0 radical (unpaired) electrons. The Morgan fingerprint density at radius 1 is 1.12 bits per heavy atom. The maximum absolute atomic E-state index is 5.33. The lowest BCUT2D eigenvalue weighted by atomic mass is 9.90. The standard InChI is InChI=1S/C14H15NOS/c17-9-13-8-14(16-15-13)12-6-5-10-3-1-2-4-11(10)7-12/h5-8,17H,1-4,9H2. The third-order valence-electron chi connectivity index (χ3n) is 3.35. The van der Waals surface area contributed by atoms with E-state index in [1.165, 1.54) is 36.8 Å². The first-order valence-corrected chi connectivity index (χ1v) is 6.69. The Morgan fingerprint density at radius 3 is 2.71 bits per heavy atom. The maximum Gasteiger partial charge on any atom is 0.167 e. The molecule has 0 saturated carbocycles. The van der Waals surface area contributed by atoms with E-state index in [4.69, 9.17) is 4.52 Å². The highest BCUT2D eigenvalue weighted by Gasteiger charge is 2.12. The van der Waals surface area contributed by atoms with Crippen LogP contribution < -0.4 is 0 Å². The van der Waals surface area contributed by atoms with E-state index in [0.29, 0.717) is 5.75 Å². The smallest absolute Gasteiger partial charge is 0.167 e. The SMILES string of the molecule is SCc1cc(-c2ccc3c(c2)CCCC3)on1. The summed E-state index contributed by atoms with van der Waals surface area (Å²) in [5.74, 6) is 1.47. The van der Waals surface area contributed by atoms with E-state index in [1.54, 1.807) is 0 Å². The second-order valence-corrected chi connectivity index (χ2v) is 4.85. The minimum Gasteiger partial charge on any atom is -0.356 e. The van der Waals surface area contributed by atoms with E-state index < -0.39 is 0 Å². The summed E-state index contributed by atoms with van der Waals surface area (Å²) in [5, 5.41) is 3.97. The van der Waals surface area contributed by atoms with Crippen molar-refractivity contribution in [3.05, 3.63) is 41.1 Å². The molecular weight excluding hydrogens is 230 g/mol. The molecule has 1 aliphatic carbocycles. The van der Waals surface area contributed by atoms with Gasteiger partial charge in [0.25, 0.3) is 0 Å². The van der Waals surface area contributed by atoms with Crippen LogP contribution >= 0.6 is 12.6 Å². The molecule has 3 rings (SSSR count). The van der Waals surface area contributed by atoms with Gasteiger partial charge in [-0.05, 0) is 42.9 Å². The molecule has 2 aromatic rings. The van der Waals surface area contributed by atoms with E-state index in [1.807, 2.05) is 6.07 Å². The molecule has 0 atom stereocenters. The summed E-state index contributed by atoms with van der Waals surface area (Å²) < 4.78 is 5.33. The van der Waals surface area contributed by atoms with Gasteiger partial charge in [-0.1, -0.05) is 17.3 Å². The zero-order chi connectivity index (χ0) is 11.7. The predicted molar refractivity (Wildman–Crippen MR) is 71.3 cm³/mol. The first-order valence-electron chi connectivity index (χ1n) is 6.05. The van der Waals surface area contributed by atoms with E-state index in [0.717, 1.165) is 17.0 Å². The molecule has 0 saturated heterocycles. The Morgan fingerprint density at radius 2 is 1.94 bits per heavy atom. The van der Waals surface area contributed by atoms with Crippen molar-refractivity contribution in [2.45, 2.75) is 31.4 Å². The molecule has 17 heavy (non-hydrogen) atoms. The van der Waals surface area contributed by atoms with Crippen LogP contribution in [0.15, 0.2) is 28.8 Å². The summed E-state index contributed by atoms with van der Waals surface area (Å²) in [5.41, 5.74) is 4.98. The van der Waals surface area contributed by atoms with Crippen molar-refractivity contribution < 1.29 is 4.52 Å². The van der Waals surface area contributed by atoms with Crippen LogP contribution in [0.2, 0.25) is 0 Å². The Labute approximate surface area is 106 Å². The Hall–Kier alpha value is -1.22. The average molecular weight is 245 g/mol. The topological polar surface area (TPSA) is 26.0 Å². The number of hydrogen-bond acceptors (Lipinski definition) is 3. The van der Waals surface area contributed by atoms with Crippen molar-refractivity contribution >= 4 is 12.6 Å². The highest BCUT2D eigenvalue weighted by Crippen LogP contribution is 2.28. The summed E-state index contributed by atoms with van der Waals surface area (Å²) in [4.78, 5) is 0. The summed E-state index contributed by atoms with van der Waals surface area (Å²) in [6, 6.07) is 8.58. The van der Waals surface area contributed by atoms with Crippen molar-refractivity contribution in [3.63, 3.8) is 0 Å². The summed E-state index contributed by atoms with van der Waals surface area (Å²) in [6.07, 6.45) is 5.03. The molecule has 3 heteroatoms. The summed E-state index contributed by atoms with van der Waals surface area (Å²) >= 11 is 4.19. The quantitative estimate of drug-likeness (QED) is 0.817. The average Bonchev–Trinajstić information content (AvgIpc) is 2.87. The highest BCUT2D eigenvalue weighted by molar-refractivity contribution is 7.79. The van der Waals surface area contributed by atoms with Gasteiger partial charge in [0.1, 0.15) is 0 Å². The Balaban J connectivity index is 1.97. The number of nitrogens with zero attached hydrogens (tertiary/aromatic N) is 1. The zero-order valence-corrected chi connectivity index (χ0v) is 10.5. The third kappa shape index (κ3) is 2.12. The van der Waals surface area contributed by atoms with Gasteiger partial charge in [-0.25, -0.2) is 0 Å². The molecule has 1 aliphatic rings. The number of aromatic nitrogens is 1. The van der Waals surface area contributed by atoms with Crippen molar-refractivity contribution in [2.24, 2.45) is 0 Å². The lowest BCUT2D eigenvalue weighted by Crippen LogP contribution is -2.02. The summed E-state index contributed by atoms with van der Waals surface area (Å²) in [7, 11) is 0. The lowest BCUT2D eigenvalue weighted by molar-refractivity contribution is 0.426. The Bertz CT molecular complexity index is 533. The predicted octanol–water partition coefficient (Wildman–Crippen LogP) is 3.65. The van der Waals surface area contributed by atoms with Gasteiger partial charge in [0.2, 0.25) is 0 Å². The second kappa shape index (κ2) is 4.57. The van der Waals surface area contributed by atoms with Gasteiger partial charge in [0.15, 0.2) is 5.76 Å². The van der Waals surface area contributed by atoms with Gasteiger partial charge in [0, 0.05) is 17.4 Å². The van der Waals surface area contributed by atoms with E-state index in [-0.39, 0.29) is 0 Å². The molecule has 0 spiro atoms. The Kier molecular flexibility index (Phi) is 2.93. The van der Waals surface area contributed by atoms with Crippen LogP contribution in [0, 0.1) is 0 Å². The number of fused-ring (bicyclic) bond motifs is 1. The lowest BCUT2D eigenvalue weighted by Gasteiger charge is -2.15. The molecule has 0 fully saturated rings. The van der Waals surface area contributed by atoms with Crippen molar-refractivity contribution in [1.29, 1.82) is 0 Å². The fourth-order valence-corrected chi connectivity index (χ4v) is 2.56. The molecule has 0 bridgehead atoms. The molecule has 1 aromatic heterocycles. The number of aryl methyl sites for hydroxylation is 2. The molecule has 0 N–H and O–H groups in total. The number of hydrogen-bond donors (Lipinski definition) is 1. The minimum absolute atomic E-state index is 0.619. The van der Waals surface area contributed by atoms with Gasteiger partial charge >= 0.3 is 0 Å². The molecule has 88 valence electrons. The first kappa shape index (κ1) is 10.9. The van der Waals surface area contributed by atoms with E-state index in [2.05, 4.69) is 36.0 Å². The normalized spacial score (nSPS) is 14.6. The number of rotatable bonds is 2. The van der Waals surface area contributed by atoms with Crippen LogP contribution in [0.25, 0.3) is 11.3 Å². The molecule has 0 unspecified atom stereocenters. The van der Waals surface area contributed by atoms with Crippen LogP contribution in [0.4, 0.5) is 0 Å². The third-order valence-corrected chi connectivity index (χ3v) is 3.68. The van der Waals surface area contributed by atoms with E-state index in [9.17, 15) is 0 Å². The van der Waals surface area contributed by atoms with E-state index >= 15 is 0 Å². The maximum atomic E-state index is 5.33. The minimum atomic E-state index is 0.619. The van der Waals surface area contributed by atoms with Crippen LogP contribution in [0.3, 0.4) is 0 Å². The number of thiol groups is 1. The fourth-order valence-electron chi connectivity index (χ4n) is 2.41. The van der Waals surface area contributed by atoms with Gasteiger partial charge in [0.05, 0.1) is 5.69 Å². The van der Waals surface area contributed by atoms with Gasteiger partial charge < -0.3 is 4.52 Å². The first-order chi connectivity index (χ1) is 8.36. The molecule has 2 nitrogen and oxygen atoms in total. The molecular formula is C14H15NOS. The molecule has 1 heterocycles. The highest BCUT2D eigenvalue weighted by atomic mass is 32.1. The zero-order valence-electron chi connectivity index (χ0n) is 9.65. The van der Waals surface area contributed by atoms with Crippen LogP contribution in [0.1, 0.15) is 29.7 Å².